The number of carbonyl (C=O) groups is 1. The molecule has 1 unspecified atom stereocenters. The van der Waals surface area contributed by atoms with Crippen LogP contribution in [0.4, 0.5) is 4.39 Å². The van der Waals surface area contributed by atoms with Crippen molar-refractivity contribution in [1.82, 2.24) is 5.32 Å². The molecule has 4 nitrogen and oxygen atoms in total. The Labute approximate surface area is 145 Å². The SMILES string of the molecule is C=CCNC(=S)C(C(=O)c1ccc(F)cc1)[n+]1cccc(CO)c1. The quantitative estimate of drug-likeness (QED) is 0.349. The summed E-state index contributed by atoms with van der Waals surface area (Å²) in [5, 5.41) is 12.3. The van der Waals surface area contributed by atoms with Crippen LogP contribution in [0.15, 0.2) is 61.4 Å². The Morgan fingerprint density at radius 2 is 2.08 bits per heavy atom. The lowest BCUT2D eigenvalue weighted by atomic mass is 10.0. The largest absolute Gasteiger partial charge is 0.391 e. The number of rotatable bonds is 7. The van der Waals surface area contributed by atoms with Gasteiger partial charge in [-0.2, -0.15) is 4.57 Å². The number of ketones is 1. The molecule has 0 spiro atoms. The zero-order valence-electron chi connectivity index (χ0n) is 13.0. The molecule has 0 radical (unpaired) electrons. The summed E-state index contributed by atoms with van der Waals surface area (Å²) in [6, 6.07) is 8.01. The summed E-state index contributed by atoms with van der Waals surface area (Å²) < 4.78 is 14.7. The first kappa shape index (κ1) is 17.9. The number of hydrogen-bond acceptors (Lipinski definition) is 3. The molecule has 1 heterocycles. The van der Waals surface area contributed by atoms with Crippen LogP contribution in [0.25, 0.3) is 0 Å². The molecule has 0 amide bonds. The van der Waals surface area contributed by atoms with Crippen molar-refractivity contribution in [2.75, 3.05) is 6.54 Å². The van der Waals surface area contributed by atoms with Crippen LogP contribution in [0.1, 0.15) is 22.0 Å². The van der Waals surface area contributed by atoms with Gasteiger partial charge in [0.2, 0.25) is 5.78 Å². The highest BCUT2D eigenvalue weighted by atomic mass is 32.1. The number of aromatic nitrogens is 1. The van der Waals surface area contributed by atoms with Crippen LogP contribution in [0.3, 0.4) is 0 Å². The third kappa shape index (κ3) is 4.31. The summed E-state index contributed by atoms with van der Waals surface area (Å²) in [6.07, 6.45) is 5.00. The van der Waals surface area contributed by atoms with Crippen molar-refractivity contribution in [1.29, 1.82) is 0 Å². The van der Waals surface area contributed by atoms with E-state index in [1.807, 2.05) is 0 Å². The first-order valence-electron chi connectivity index (χ1n) is 7.35. The number of carbonyl (C=O) groups excluding carboxylic acids is 1. The molecule has 1 atom stereocenters. The number of pyridine rings is 1. The molecule has 6 heteroatoms. The van der Waals surface area contributed by atoms with E-state index in [-0.39, 0.29) is 12.4 Å². The van der Waals surface area contributed by atoms with Crippen LogP contribution >= 0.6 is 12.2 Å². The Morgan fingerprint density at radius 3 is 2.71 bits per heavy atom. The number of halogens is 1. The Morgan fingerprint density at radius 1 is 1.38 bits per heavy atom. The van der Waals surface area contributed by atoms with Gasteiger partial charge in [-0.1, -0.05) is 18.3 Å². The van der Waals surface area contributed by atoms with Crippen LogP contribution in [-0.4, -0.2) is 22.4 Å². The van der Waals surface area contributed by atoms with Gasteiger partial charge in [-0.05, 0) is 30.3 Å². The van der Waals surface area contributed by atoms with Crippen molar-refractivity contribution in [2.45, 2.75) is 12.6 Å². The van der Waals surface area contributed by atoms with Gasteiger partial charge in [-0.25, -0.2) is 4.39 Å². The van der Waals surface area contributed by atoms with Crippen molar-refractivity contribution in [3.8, 4) is 0 Å². The van der Waals surface area contributed by atoms with Crippen LogP contribution < -0.4 is 9.88 Å². The minimum absolute atomic E-state index is 0.148. The summed E-state index contributed by atoms with van der Waals surface area (Å²) in [6.45, 7) is 3.89. The highest BCUT2D eigenvalue weighted by Crippen LogP contribution is 2.12. The molecule has 0 fully saturated rings. The molecule has 0 saturated carbocycles. The van der Waals surface area contributed by atoms with E-state index in [9.17, 15) is 14.3 Å². The van der Waals surface area contributed by atoms with E-state index in [0.29, 0.717) is 22.7 Å². The Hall–Kier alpha value is -2.44. The van der Waals surface area contributed by atoms with Gasteiger partial charge >= 0.3 is 0 Å². The van der Waals surface area contributed by atoms with E-state index in [1.165, 1.54) is 24.3 Å². The summed E-state index contributed by atoms with van der Waals surface area (Å²) in [5.74, 6) is -0.679. The molecule has 2 N–H and O–H groups in total. The van der Waals surface area contributed by atoms with E-state index in [0.717, 1.165) is 0 Å². The maximum atomic E-state index is 13.1. The second-order valence-electron chi connectivity index (χ2n) is 5.13. The zero-order chi connectivity index (χ0) is 17.5. The highest BCUT2D eigenvalue weighted by Gasteiger charge is 2.33. The fourth-order valence-corrected chi connectivity index (χ4v) is 2.54. The molecule has 24 heavy (non-hydrogen) atoms. The monoisotopic (exact) mass is 345 g/mol. The molecular formula is C18H18FN2O2S+. The fourth-order valence-electron chi connectivity index (χ4n) is 2.23. The zero-order valence-corrected chi connectivity index (χ0v) is 13.8. The van der Waals surface area contributed by atoms with Gasteiger partial charge in [-0.3, -0.25) is 4.79 Å². The number of thiocarbonyl (C=S) groups is 1. The van der Waals surface area contributed by atoms with E-state index in [4.69, 9.17) is 12.2 Å². The third-order valence-electron chi connectivity index (χ3n) is 3.41. The van der Waals surface area contributed by atoms with Gasteiger partial charge in [-0.15, -0.1) is 6.58 Å². The van der Waals surface area contributed by atoms with Gasteiger partial charge in [0, 0.05) is 23.7 Å². The van der Waals surface area contributed by atoms with Gasteiger partial charge in [0.05, 0.1) is 6.61 Å². The number of aliphatic hydroxyl groups is 1. The molecule has 1 aromatic carbocycles. The van der Waals surface area contributed by atoms with E-state index < -0.39 is 11.9 Å². The first-order valence-corrected chi connectivity index (χ1v) is 7.76. The smallest absolute Gasteiger partial charge is 0.270 e. The maximum absolute atomic E-state index is 13.1. The van der Waals surface area contributed by atoms with E-state index >= 15 is 0 Å². The Balaban J connectivity index is 2.41. The van der Waals surface area contributed by atoms with E-state index in [2.05, 4.69) is 11.9 Å². The average molecular weight is 345 g/mol. The molecular weight excluding hydrogens is 327 g/mol. The third-order valence-corrected chi connectivity index (χ3v) is 3.78. The second kappa shape index (κ2) is 8.42. The predicted molar refractivity (Wildman–Crippen MR) is 93.1 cm³/mol. The predicted octanol–water partition coefficient (Wildman–Crippen LogP) is 2.13. The summed E-state index contributed by atoms with van der Waals surface area (Å²) in [5.41, 5.74) is 1.01. The lowest BCUT2D eigenvalue weighted by Crippen LogP contribution is -2.51. The van der Waals surface area contributed by atoms with Crippen molar-refractivity contribution in [3.05, 3.63) is 78.4 Å². The number of benzene rings is 1. The van der Waals surface area contributed by atoms with Gasteiger partial charge in [0.25, 0.3) is 6.04 Å². The number of Topliss-reactive ketones (excluding diaryl/α,β-unsaturated/α-hetero) is 1. The highest BCUT2D eigenvalue weighted by molar-refractivity contribution is 7.80. The van der Waals surface area contributed by atoms with Crippen LogP contribution in [0.5, 0.6) is 0 Å². The Kier molecular flexibility index (Phi) is 6.28. The molecule has 1 aromatic heterocycles. The van der Waals surface area contributed by atoms with Gasteiger partial charge < -0.3 is 10.4 Å². The molecule has 0 aliphatic rings. The Bertz CT molecular complexity index is 747. The molecule has 0 saturated heterocycles. The maximum Gasteiger partial charge on any atom is 0.270 e. The standard InChI is InChI=1S/C18H17FN2O2S/c1-2-9-20-18(24)16(21-10-3-4-13(11-21)12-22)17(23)14-5-7-15(19)8-6-14/h2-8,10-11,16,22H,1,9,12H2/p+1. The molecule has 124 valence electrons. The van der Waals surface area contributed by atoms with Gasteiger partial charge in [0.1, 0.15) is 5.82 Å². The molecule has 0 aliphatic carbocycles. The van der Waals surface area contributed by atoms with Crippen molar-refractivity contribution >= 4 is 23.0 Å². The molecule has 0 bridgehead atoms. The van der Waals surface area contributed by atoms with Crippen LogP contribution in [0, 0.1) is 5.82 Å². The lowest BCUT2D eigenvalue weighted by Gasteiger charge is -2.14. The second-order valence-corrected chi connectivity index (χ2v) is 5.56. The molecule has 2 aromatic rings. The average Bonchev–Trinajstić information content (AvgIpc) is 2.60. The van der Waals surface area contributed by atoms with E-state index in [1.54, 1.807) is 35.2 Å². The number of hydrogen-bond donors (Lipinski definition) is 2. The normalized spacial score (nSPS) is 11.6. The fraction of sp³-hybridized carbons (Fsp3) is 0.167. The van der Waals surface area contributed by atoms with Crippen molar-refractivity contribution < 1.29 is 18.9 Å². The minimum Gasteiger partial charge on any atom is -0.391 e. The topological polar surface area (TPSA) is 53.2 Å². The number of nitrogens with zero attached hydrogens (tertiary/aromatic N) is 1. The summed E-state index contributed by atoms with van der Waals surface area (Å²) >= 11 is 5.37. The van der Waals surface area contributed by atoms with Crippen molar-refractivity contribution in [2.24, 2.45) is 0 Å². The van der Waals surface area contributed by atoms with Crippen LogP contribution in [0.2, 0.25) is 0 Å². The molecule has 2 rings (SSSR count). The molecule has 0 aliphatic heterocycles. The summed E-state index contributed by atoms with van der Waals surface area (Å²) in [4.78, 5) is 13.2. The number of aliphatic hydroxyl groups excluding tert-OH is 1. The van der Waals surface area contributed by atoms with Crippen LogP contribution in [-0.2, 0) is 6.61 Å². The lowest BCUT2D eigenvalue weighted by molar-refractivity contribution is -0.692. The first-order chi connectivity index (χ1) is 11.6. The minimum atomic E-state index is -0.795. The number of nitrogens with one attached hydrogen (secondary N) is 1. The summed E-state index contributed by atoms with van der Waals surface area (Å²) in [7, 11) is 0. The van der Waals surface area contributed by atoms with Gasteiger partial charge in [0.15, 0.2) is 17.4 Å². The van der Waals surface area contributed by atoms with Crippen molar-refractivity contribution in [3.63, 3.8) is 0 Å².